The molecule has 0 aliphatic carbocycles. The SMILES string of the molecule is O=S1(=O)CCC(C(F)(F)C2CCS(=O)(=O)OS2(=O)=O)O1. The lowest BCUT2D eigenvalue weighted by Crippen LogP contribution is -2.52. The molecule has 0 bridgehead atoms. The highest BCUT2D eigenvalue weighted by atomic mass is 32.3. The predicted molar refractivity (Wildman–Crippen MR) is 60.4 cm³/mol. The van der Waals surface area contributed by atoms with Gasteiger partial charge in [0.1, 0.15) is 6.10 Å². The monoisotopic (exact) mass is 356 g/mol. The van der Waals surface area contributed by atoms with Crippen molar-refractivity contribution >= 4 is 30.4 Å². The molecule has 2 rings (SSSR count). The predicted octanol–water partition coefficient (Wildman–Crippen LogP) is -0.811. The minimum atomic E-state index is -5.08. The van der Waals surface area contributed by atoms with E-state index in [1.54, 1.807) is 0 Å². The lowest BCUT2D eigenvalue weighted by Gasteiger charge is -2.31. The van der Waals surface area contributed by atoms with E-state index in [1.165, 1.54) is 0 Å². The lowest BCUT2D eigenvalue weighted by molar-refractivity contribution is -0.0912. The fourth-order valence-corrected chi connectivity index (χ4v) is 6.60. The summed E-state index contributed by atoms with van der Waals surface area (Å²) in [7, 11) is -13.6. The molecule has 2 heterocycles. The van der Waals surface area contributed by atoms with Crippen molar-refractivity contribution in [1.29, 1.82) is 0 Å². The summed E-state index contributed by atoms with van der Waals surface area (Å²) >= 11 is 0. The molecule has 2 atom stereocenters. The molecule has 118 valence electrons. The van der Waals surface area contributed by atoms with Crippen molar-refractivity contribution in [2.24, 2.45) is 0 Å². The van der Waals surface area contributed by atoms with Crippen LogP contribution in [0.3, 0.4) is 0 Å². The Morgan fingerprint density at radius 3 is 1.90 bits per heavy atom. The van der Waals surface area contributed by atoms with Crippen LogP contribution < -0.4 is 0 Å². The van der Waals surface area contributed by atoms with Crippen LogP contribution >= 0.6 is 0 Å². The first-order chi connectivity index (χ1) is 8.86. The van der Waals surface area contributed by atoms with Gasteiger partial charge in [0.2, 0.25) is 0 Å². The van der Waals surface area contributed by atoms with Crippen molar-refractivity contribution in [2.75, 3.05) is 11.5 Å². The topological polar surface area (TPSA) is 121 Å². The average Bonchev–Trinajstić information content (AvgIpc) is 2.55. The minimum absolute atomic E-state index is 0.575. The highest BCUT2D eigenvalue weighted by Crippen LogP contribution is 2.40. The fraction of sp³-hybridized carbons (Fsp3) is 1.00. The molecule has 0 aromatic carbocycles. The van der Waals surface area contributed by atoms with Gasteiger partial charge in [-0.1, -0.05) is 0 Å². The first kappa shape index (κ1) is 16.0. The van der Waals surface area contributed by atoms with Gasteiger partial charge in [0, 0.05) is 0 Å². The Balaban J connectivity index is 2.31. The van der Waals surface area contributed by atoms with Crippen LogP contribution in [0.2, 0.25) is 0 Å². The third-order valence-corrected chi connectivity index (χ3v) is 7.76. The number of alkyl halides is 2. The van der Waals surface area contributed by atoms with Gasteiger partial charge in [0.15, 0.2) is 5.25 Å². The van der Waals surface area contributed by atoms with Crippen LogP contribution in [0.15, 0.2) is 0 Å². The third-order valence-electron chi connectivity index (χ3n) is 2.93. The maximum Gasteiger partial charge on any atom is 0.294 e. The molecule has 20 heavy (non-hydrogen) atoms. The Hall–Kier alpha value is -0.370. The Labute approximate surface area is 114 Å². The van der Waals surface area contributed by atoms with Crippen molar-refractivity contribution in [3.05, 3.63) is 0 Å². The molecule has 0 amide bonds. The van der Waals surface area contributed by atoms with E-state index in [4.69, 9.17) is 0 Å². The van der Waals surface area contributed by atoms with E-state index in [0.29, 0.717) is 0 Å². The van der Waals surface area contributed by atoms with E-state index in [9.17, 15) is 34.0 Å². The number of hydrogen-bond acceptors (Lipinski definition) is 8. The van der Waals surface area contributed by atoms with Crippen LogP contribution in [0.4, 0.5) is 8.78 Å². The normalized spacial score (nSPS) is 35.7. The van der Waals surface area contributed by atoms with Crippen LogP contribution in [0.1, 0.15) is 12.8 Å². The molecule has 2 unspecified atom stereocenters. The van der Waals surface area contributed by atoms with Gasteiger partial charge < -0.3 is 0 Å². The molecular formula is C7H10F2O8S3. The zero-order chi connectivity index (χ0) is 15.4. The fourth-order valence-electron chi connectivity index (χ4n) is 2.00. The van der Waals surface area contributed by atoms with Crippen molar-refractivity contribution in [3.8, 4) is 0 Å². The Kier molecular flexibility index (Phi) is 3.65. The van der Waals surface area contributed by atoms with Crippen molar-refractivity contribution in [2.45, 2.75) is 30.1 Å². The summed E-state index contributed by atoms with van der Waals surface area (Å²) in [4.78, 5) is 0. The van der Waals surface area contributed by atoms with Crippen LogP contribution in [0.5, 0.6) is 0 Å². The standard InChI is InChI=1S/C7H10F2O8S3/c8-7(9,5-1-3-18(10,11)16-5)6-2-4-19(12,13)17-20(6,14)15/h5-6H,1-4H2. The van der Waals surface area contributed by atoms with E-state index in [-0.39, 0.29) is 0 Å². The summed E-state index contributed by atoms with van der Waals surface area (Å²) < 4.78 is 103. The average molecular weight is 356 g/mol. The van der Waals surface area contributed by atoms with Gasteiger partial charge >= 0.3 is 0 Å². The van der Waals surface area contributed by atoms with Crippen molar-refractivity contribution < 1.29 is 41.8 Å². The van der Waals surface area contributed by atoms with Gasteiger partial charge in [-0.3, -0.25) is 4.18 Å². The maximum absolute atomic E-state index is 14.1. The summed E-state index contributed by atoms with van der Waals surface area (Å²) in [6.45, 7) is 0. The van der Waals surface area contributed by atoms with Gasteiger partial charge in [-0.25, -0.2) is 8.78 Å². The summed E-state index contributed by atoms with van der Waals surface area (Å²) in [5.74, 6) is -5.62. The zero-order valence-corrected chi connectivity index (χ0v) is 12.2. The molecule has 0 aromatic heterocycles. The molecule has 2 aliphatic rings. The Morgan fingerprint density at radius 2 is 1.45 bits per heavy atom. The molecule has 0 spiro atoms. The van der Waals surface area contributed by atoms with Gasteiger partial charge in [0.25, 0.3) is 36.3 Å². The van der Waals surface area contributed by atoms with Crippen LogP contribution in [-0.2, 0) is 38.2 Å². The smallest absolute Gasteiger partial charge is 0.260 e. The van der Waals surface area contributed by atoms with E-state index < -0.39 is 72.0 Å². The summed E-state index contributed by atoms with van der Waals surface area (Å²) in [5.41, 5.74) is 0. The van der Waals surface area contributed by atoms with Crippen molar-refractivity contribution in [1.82, 2.24) is 0 Å². The largest absolute Gasteiger partial charge is 0.294 e. The van der Waals surface area contributed by atoms with Crippen LogP contribution in [0.25, 0.3) is 0 Å². The molecule has 0 radical (unpaired) electrons. The molecule has 0 saturated carbocycles. The first-order valence-electron chi connectivity index (χ1n) is 5.32. The highest BCUT2D eigenvalue weighted by Gasteiger charge is 2.60. The molecule has 2 saturated heterocycles. The van der Waals surface area contributed by atoms with E-state index in [2.05, 4.69) is 7.81 Å². The summed E-state index contributed by atoms with van der Waals surface area (Å²) in [5, 5.41) is -2.46. The molecular weight excluding hydrogens is 346 g/mol. The second kappa shape index (κ2) is 4.56. The summed E-state index contributed by atoms with van der Waals surface area (Å²) in [6.07, 6.45) is -3.61. The number of hydrogen-bond donors (Lipinski definition) is 0. The molecule has 8 nitrogen and oxygen atoms in total. The molecule has 0 N–H and O–H groups in total. The molecule has 13 heteroatoms. The van der Waals surface area contributed by atoms with Crippen molar-refractivity contribution in [3.63, 3.8) is 0 Å². The van der Waals surface area contributed by atoms with Gasteiger partial charge in [0.05, 0.1) is 11.5 Å². The van der Waals surface area contributed by atoms with E-state index >= 15 is 0 Å². The molecule has 2 fully saturated rings. The number of rotatable bonds is 2. The van der Waals surface area contributed by atoms with Crippen LogP contribution in [-0.4, -0.2) is 54.0 Å². The van der Waals surface area contributed by atoms with Gasteiger partial charge in [-0.2, -0.15) is 25.3 Å². The van der Waals surface area contributed by atoms with Crippen LogP contribution in [0, 0.1) is 0 Å². The Bertz CT molecular complexity index is 707. The second-order valence-corrected chi connectivity index (χ2v) is 9.75. The van der Waals surface area contributed by atoms with Gasteiger partial charge in [-0.15, -0.1) is 3.63 Å². The molecule has 0 aromatic rings. The maximum atomic E-state index is 14.1. The Morgan fingerprint density at radius 1 is 0.900 bits per heavy atom. The number of halogens is 2. The zero-order valence-electron chi connectivity index (χ0n) is 9.73. The highest BCUT2D eigenvalue weighted by molar-refractivity contribution is 8.00. The van der Waals surface area contributed by atoms with Gasteiger partial charge in [-0.05, 0) is 12.8 Å². The summed E-state index contributed by atoms with van der Waals surface area (Å²) in [6, 6.07) is 0. The lowest BCUT2D eigenvalue weighted by atomic mass is 10.1. The minimum Gasteiger partial charge on any atom is -0.260 e. The second-order valence-electron chi connectivity index (χ2n) is 4.41. The molecule has 2 aliphatic heterocycles. The first-order valence-corrected chi connectivity index (χ1v) is 9.95. The third kappa shape index (κ3) is 2.95. The quantitative estimate of drug-likeness (QED) is 0.589. The van der Waals surface area contributed by atoms with E-state index in [0.717, 1.165) is 0 Å². The van der Waals surface area contributed by atoms with E-state index in [1.807, 2.05) is 0 Å².